The first-order chi connectivity index (χ1) is 10.6. The molecule has 0 spiro atoms. The monoisotopic (exact) mass is 361 g/mol. The fraction of sp³-hybridized carbons (Fsp3) is 0.278. The molecule has 0 aromatic heterocycles. The molecule has 4 heteroatoms. The number of carbonyl (C=O) groups is 1. The van der Waals surface area contributed by atoms with E-state index >= 15 is 0 Å². The molecule has 0 bridgehead atoms. The molecule has 3 nitrogen and oxygen atoms in total. The van der Waals surface area contributed by atoms with Crippen molar-refractivity contribution in [1.29, 1.82) is 0 Å². The Hall–Kier alpha value is -1.81. The molecule has 0 saturated heterocycles. The second kappa shape index (κ2) is 7.99. The molecule has 2 aromatic carbocycles. The lowest BCUT2D eigenvalue weighted by Gasteiger charge is -2.11. The van der Waals surface area contributed by atoms with Crippen LogP contribution in [0.15, 0.2) is 53.0 Å². The third-order valence-corrected chi connectivity index (χ3v) is 3.87. The van der Waals surface area contributed by atoms with Gasteiger partial charge in [-0.05, 0) is 52.5 Å². The molecular weight excluding hydrogens is 342 g/mol. The van der Waals surface area contributed by atoms with Gasteiger partial charge in [-0.1, -0.05) is 32.0 Å². The van der Waals surface area contributed by atoms with Gasteiger partial charge in [0.1, 0.15) is 5.75 Å². The molecule has 0 saturated carbocycles. The highest BCUT2D eigenvalue weighted by Crippen LogP contribution is 2.21. The Kier molecular flexibility index (Phi) is 6.01. The highest BCUT2D eigenvalue weighted by Gasteiger charge is 2.09. The fourth-order valence-electron chi connectivity index (χ4n) is 1.92. The summed E-state index contributed by atoms with van der Waals surface area (Å²) in [6.07, 6.45) is 1.01. The summed E-state index contributed by atoms with van der Waals surface area (Å²) in [5, 5.41) is 2.89. The van der Waals surface area contributed by atoms with E-state index in [0.717, 1.165) is 22.3 Å². The standard InChI is InChI=1S/C18H20BrNO2/c1-13(2)10-11-22-15-7-5-6-14(12-15)20-18(21)16-8-3-4-9-17(16)19/h3-9,12-13H,10-11H2,1-2H3,(H,20,21). The maximum Gasteiger partial charge on any atom is 0.256 e. The Balaban J connectivity index is 2.01. The van der Waals surface area contributed by atoms with Gasteiger partial charge in [0.2, 0.25) is 0 Å². The number of hydrogen-bond donors (Lipinski definition) is 1. The molecule has 0 atom stereocenters. The maximum atomic E-state index is 12.3. The van der Waals surface area contributed by atoms with Crippen LogP contribution in [0.3, 0.4) is 0 Å². The smallest absolute Gasteiger partial charge is 0.256 e. The molecule has 2 rings (SSSR count). The summed E-state index contributed by atoms with van der Waals surface area (Å²) in [5.41, 5.74) is 1.33. The van der Waals surface area contributed by atoms with Gasteiger partial charge in [-0.15, -0.1) is 0 Å². The summed E-state index contributed by atoms with van der Waals surface area (Å²) >= 11 is 3.39. The van der Waals surface area contributed by atoms with Crippen LogP contribution in [0, 0.1) is 5.92 Å². The molecule has 1 N–H and O–H groups in total. The lowest BCUT2D eigenvalue weighted by Crippen LogP contribution is -2.12. The van der Waals surface area contributed by atoms with E-state index in [4.69, 9.17) is 4.74 Å². The summed E-state index contributed by atoms with van der Waals surface area (Å²) in [7, 11) is 0. The van der Waals surface area contributed by atoms with E-state index < -0.39 is 0 Å². The Morgan fingerprint density at radius 2 is 1.95 bits per heavy atom. The van der Waals surface area contributed by atoms with Gasteiger partial charge in [0.05, 0.1) is 12.2 Å². The molecular formula is C18H20BrNO2. The van der Waals surface area contributed by atoms with Crippen molar-refractivity contribution >= 4 is 27.5 Å². The molecule has 0 fully saturated rings. The third-order valence-electron chi connectivity index (χ3n) is 3.17. The molecule has 0 heterocycles. The van der Waals surface area contributed by atoms with Crippen LogP contribution in [0.2, 0.25) is 0 Å². The number of ether oxygens (including phenoxy) is 1. The average molecular weight is 362 g/mol. The van der Waals surface area contributed by atoms with Gasteiger partial charge in [-0.25, -0.2) is 0 Å². The number of rotatable bonds is 6. The van der Waals surface area contributed by atoms with E-state index in [0.29, 0.717) is 18.1 Å². The average Bonchev–Trinajstić information content (AvgIpc) is 2.47. The predicted octanol–water partition coefficient (Wildman–Crippen LogP) is 5.13. The van der Waals surface area contributed by atoms with Crippen LogP contribution in [0.1, 0.15) is 30.6 Å². The van der Waals surface area contributed by atoms with Crippen LogP contribution in [-0.2, 0) is 0 Å². The topological polar surface area (TPSA) is 38.3 Å². The van der Waals surface area contributed by atoms with E-state index in [1.54, 1.807) is 6.07 Å². The van der Waals surface area contributed by atoms with Gasteiger partial charge in [0, 0.05) is 16.2 Å². The zero-order valence-electron chi connectivity index (χ0n) is 12.8. The number of hydrogen-bond acceptors (Lipinski definition) is 2. The summed E-state index contributed by atoms with van der Waals surface area (Å²) in [4.78, 5) is 12.3. The predicted molar refractivity (Wildman–Crippen MR) is 93.5 cm³/mol. The van der Waals surface area contributed by atoms with Crippen molar-refractivity contribution < 1.29 is 9.53 Å². The van der Waals surface area contributed by atoms with Crippen LogP contribution in [0.25, 0.3) is 0 Å². The van der Waals surface area contributed by atoms with Crippen molar-refractivity contribution in [3.63, 3.8) is 0 Å². The van der Waals surface area contributed by atoms with Crippen LogP contribution in [-0.4, -0.2) is 12.5 Å². The van der Waals surface area contributed by atoms with Crippen LogP contribution < -0.4 is 10.1 Å². The molecule has 1 amide bonds. The molecule has 0 radical (unpaired) electrons. The van der Waals surface area contributed by atoms with Crippen molar-refractivity contribution in [2.24, 2.45) is 5.92 Å². The van der Waals surface area contributed by atoms with E-state index in [-0.39, 0.29) is 5.91 Å². The quantitative estimate of drug-likeness (QED) is 0.774. The van der Waals surface area contributed by atoms with Gasteiger partial charge in [-0.2, -0.15) is 0 Å². The second-order valence-electron chi connectivity index (χ2n) is 5.49. The minimum Gasteiger partial charge on any atom is -0.494 e. The number of halogens is 1. The summed E-state index contributed by atoms with van der Waals surface area (Å²) < 4.78 is 6.48. The normalized spacial score (nSPS) is 10.5. The number of nitrogens with one attached hydrogen (secondary N) is 1. The lowest BCUT2D eigenvalue weighted by molar-refractivity contribution is 0.102. The van der Waals surface area contributed by atoms with Crippen LogP contribution >= 0.6 is 15.9 Å². The SMILES string of the molecule is CC(C)CCOc1cccc(NC(=O)c2ccccc2Br)c1. The summed E-state index contributed by atoms with van der Waals surface area (Å²) in [6.45, 7) is 5.01. The Labute approximate surface area is 139 Å². The van der Waals surface area contributed by atoms with E-state index in [1.807, 2.05) is 42.5 Å². The second-order valence-corrected chi connectivity index (χ2v) is 6.35. The molecule has 0 aliphatic carbocycles. The maximum absolute atomic E-state index is 12.3. The Morgan fingerprint density at radius 1 is 1.18 bits per heavy atom. The van der Waals surface area contributed by atoms with E-state index in [1.165, 1.54) is 0 Å². The highest BCUT2D eigenvalue weighted by molar-refractivity contribution is 9.10. The third kappa shape index (κ3) is 4.88. The Bertz CT molecular complexity index is 640. The van der Waals surface area contributed by atoms with Gasteiger partial charge in [0.25, 0.3) is 5.91 Å². The van der Waals surface area contributed by atoms with E-state index in [2.05, 4.69) is 35.1 Å². The zero-order chi connectivity index (χ0) is 15.9. The molecule has 22 heavy (non-hydrogen) atoms. The number of amides is 1. The van der Waals surface area contributed by atoms with Gasteiger partial charge in [-0.3, -0.25) is 4.79 Å². The van der Waals surface area contributed by atoms with Gasteiger partial charge >= 0.3 is 0 Å². The van der Waals surface area contributed by atoms with Crippen molar-refractivity contribution in [3.05, 3.63) is 58.6 Å². The molecule has 2 aromatic rings. The van der Waals surface area contributed by atoms with Gasteiger partial charge in [0.15, 0.2) is 0 Å². The molecule has 0 aliphatic heterocycles. The van der Waals surface area contributed by atoms with Gasteiger partial charge < -0.3 is 10.1 Å². The molecule has 116 valence electrons. The largest absolute Gasteiger partial charge is 0.494 e. The van der Waals surface area contributed by atoms with Crippen molar-refractivity contribution in [2.75, 3.05) is 11.9 Å². The lowest BCUT2D eigenvalue weighted by atomic mass is 10.1. The first-order valence-corrected chi connectivity index (χ1v) is 8.14. The minimum atomic E-state index is -0.146. The first kappa shape index (κ1) is 16.6. The van der Waals surface area contributed by atoms with Crippen molar-refractivity contribution in [3.8, 4) is 5.75 Å². The number of anilines is 1. The van der Waals surface area contributed by atoms with Crippen molar-refractivity contribution in [2.45, 2.75) is 20.3 Å². The van der Waals surface area contributed by atoms with Crippen LogP contribution in [0.5, 0.6) is 5.75 Å². The molecule has 0 aliphatic rings. The zero-order valence-corrected chi connectivity index (χ0v) is 14.4. The summed E-state index contributed by atoms with van der Waals surface area (Å²) in [5.74, 6) is 1.23. The first-order valence-electron chi connectivity index (χ1n) is 7.35. The number of carbonyl (C=O) groups excluding carboxylic acids is 1. The fourth-order valence-corrected chi connectivity index (χ4v) is 2.38. The number of benzene rings is 2. The minimum absolute atomic E-state index is 0.146. The van der Waals surface area contributed by atoms with E-state index in [9.17, 15) is 4.79 Å². The molecule has 0 unspecified atom stereocenters. The van der Waals surface area contributed by atoms with Crippen molar-refractivity contribution in [1.82, 2.24) is 0 Å². The Morgan fingerprint density at radius 3 is 2.68 bits per heavy atom. The summed E-state index contributed by atoms with van der Waals surface area (Å²) in [6, 6.07) is 14.8. The van der Waals surface area contributed by atoms with Crippen LogP contribution in [0.4, 0.5) is 5.69 Å². The highest BCUT2D eigenvalue weighted by atomic mass is 79.9.